The number of likely N-dealkylation sites (tertiary alicyclic amines) is 1. The molecule has 0 amide bonds. The van der Waals surface area contributed by atoms with Gasteiger partial charge in [-0.15, -0.1) is 0 Å². The summed E-state index contributed by atoms with van der Waals surface area (Å²) in [6.45, 7) is 3.68. The zero-order valence-electron chi connectivity index (χ0n) is 10.6. The maximum Gasteiger partial charge on any atom is 0.311 e. The first-order valence-electron chi connectivity index (χ1n) is 6.29. The molecule has 1 saturated heterocycles. The van der Waals surface area contributed by atoms with E-state index >= 15 is 0 Å². The Morgan fingerprint density at radius 2 is 2.16 bits per heavy atom. The van der Waals surface area contributed by atoms with Gasteiger partial charge in [0.15, 0.2) is 0 Å². The molecule has 8 nitrogen and oxygen atoms in total. The molecule has 0 bridgehead atoms. The molecular weight excluding hydrogens is 248 g/mol. The average Bonchev–Trinajstić information content (AvgIpc) is 2.91. The minimum atomic E-state index is -0.453. The maximum absolute atomic E-state index is 10.9. The Kier molecular flexibility index (Phi) is 4.48. The molecule has 1 aliphatic heterocycles. The Hall–Kier alpha value is -1.93. The van der Waals surface area contributed by atoms with E-state index in [-0.39, 0.29) is 11.5 Å². The second kappa shape index (κ2) is 6.30. The van der Waals surface area contributed by atoms with Crippen molar-refractivity contribution >= 4 is 17.3 Å². The van der Waals surface area contributed by atoms with Gasteiger partial charge in [-0.25, -0.2) is 10.8 Å². The van der Waals surface area contributed by atoms with Gasteiger partial charge in [0.05, 0.1) is 4.92 Å². The lowest BCUT2D eigenvalue weighted by molar-refractivity contribution is -0.384. The van der Waals surface area contributed by atoms with Gasteiger partial charge in [0.1, 0.15) is 5.82 Å². The van der Waals surface area contributed by atoms with Crippen molar-refractivity contribution in [2.75, 3.05) is 36.9 Å². The van der Waals surface area contributed by atoms with Crippen molar-refractivity contribution < 1.29 is 4.92 Å². The number of nitro groups is 1. The van der Waals surface area contributed by atoms with Gasteiger partial charge < -0.3 is 15.6 Å². The van der Waals surface area contributed by atoms with E-state index in [2.05, 4.69) is 20.6 Å². The number of pyridine rings is 1. The zero-order valence-corrected chi connectivity index (χ0v) is 10.6. The molecule has 0 aromatic carbocycles. The summed E-state index contributed by atoms with van der Waals surface area (Å²) in [6, 6.07) is 2.87. The summed E-state index contributed by atoms with van der Waals surface area (Å²) in [5, 5.41) is 13.9. The third kappa shape index (κ3) is 3.52. The lowest BCUT2D eigenvalue weighted by Crippen LogP contribution is -2.26. The molecule has 8 heteroatoms. The van der Waals surface area contributed by atoms with Crippen molar-refractivity contribution in [3.8, 4) is 0 Å². The van der Waals surface area contributed by atoms with E-state index in [1.165, 1.54) is 25.0 Å². The van der Waals surface area contributed by atoms with Crippen molar-refractivity contribution in [2.24, 2.45) is 5.84 Å². The molecule has 0 spiro atoms. The number of hydrazine groups is 1. The van der Waals surface area contributed by atoms with Crippen LogP contribution in [0.25, 0.3) is 0 Å². The van der Waals surface area contributed by atoms with Gasteiger partial charge in [-0.1, -0.05) is 0 Å². The third-order valence-electron chi connectivity index (χ3n) is 3.14. The molecule has 19 heavy (non-hydrogen) atoms. The minimum Gasteiger partial charge on any atom is -0.363 e. The highest BCUT2D eigenvalue weighted by Crippen LogP contribution is 2.23. The zero-order chi connectivity index (χ0) is 13.7. The number of nitrogen functional groups attached to an aromatic ring is 1. The molecule has 0 unspecified atom stereocenters. The number of nitrogens with zero attached hydrogens (tertiary/aromatic N) is 3. The van der Waals surface area contributed by atoms with E-state index in [4.69, 9.17) is 5.84 Å². The number of anilines is 2. The second-order valence-corrected chi connectivity index (χ2v) is 4.44. The molecular formula is C11H18N6O2. The summed E-state index contributed by atoms with van der Waals surface area (Å²) < 4.78 is 0. The monoisotopic (exact) mass is 266 g/mol. The van der Waals surface area contributed by atoms with Gasteiger partial charge in [0.2, 0.25) is 5.82 Å². The molecule has 0 saturated carbocycles. The van der Waals surface area contributed by atoms with Crippen molar-refractivity contribution in [3.05, 3.63) is 22.2 Å². The molecule has 4 N–H and O–H groups in total. The largest absolute Gasteiger partial charge is 0.363 e. The number of aromatic nitrogens is 1. The predicted molar refractivity (Wildman–Crippen MR) is 72.9 cm³/mol. The molecule has 1 aromatic rings. The standard InChI is InChI=1S/C11H18N6O2/c12-15-10-4-3-9(17(18)19)11(14-10)13-5-8-16-6-1-2-7-16/h3-4H,1-2,5-8,12H2,(H2,13,14,15). The molecule has 1 aliphatic rings. The summed E-state index contributed by atoms with van der Waals surface area (Å²) in [5.41, 5.74) is 2.34. The Morgan fingerprint density at radius 3 is 2.79 bits per heavy atom. The van der Waals surface area contributed by atoms with Crippen LogP contribution in [-0.4, -0.2) is 41.0 Å². The third-order valence-corrected chi connectivity index (χ3v) is 3.14. The number of hydrogen-bond acceptors (Lipinski definition) is 7. The maximum atomic E-state index is 10.9. The lowest BCUT2D eigenvalue weighted by Gasteiger charge is -2.15. The van der Waals surface area contributed by atoms with Crippen LogP contribution in [-0.2, 0) is 0 Å². The van der Waals surface area contributed by atoms with Gasteiger partial charge in [-0.3, -0.25) is 10.1 Å². The van der Waals surface area contributed by atoms with E-state index in [0.717, 1.165) is 19.6 Å². The Balaban J connectivity index is 1.98. The number of rotatable bonds is 6. The molecule has 0 atom stereocenters. The van der Waals surface area contributed by atoms with E-state index in [0.29, 0.717) is 12.4 Å². The van der Waals surface area contributed by atoms with Crippen LogP contribution in [0.4, 0.5) is 17.3 Å². The highest BCUT2D eigenvalue weighted by molar-refractivity contribution is 5.59. The highest BCUT2D eigenvalue weighted by atomic mass is 16.6. The molecule has 0 aliphatic carbocycles. The predicted octanol–water partition coefficient (Wildman–Crippen LogP) is 0.783. The Labute approximate surface area is 111 Å². The number of nitrogens with two attached hydrogens (primary N) is 1. The smallest absolute Gasteiger partial charge is 0.311 e. The van der Waals surface area contributed by atoms with E-state index in [1.807, 2.05) is 0 Å². The van der Waals surface area contributed by atoms with Crippen molar-refractivity contribution in [3.63, 3.8) is 0 Å². The second-order valence-electron chi connectivity index (χ2n) is 4.44. The van der Waals surface area contributed by atoms with Gasteiger partial charge in [-0.2, -0.15) is 0 Å². The summed E-state index contributed by atoms with van der Waals surface area (Å²) in [5.74, 6) is 5.90. The van der Waals surface area contributed by atoms with E-state index in [9.17, 15) is 10.1 Å². The molecule has 104 valence electrons. The first kappa shape index (κ1) is 13.5. The summed E-state index contributed by atoms with van der Waals surface area (Å²) in [6.07, 6.45) is 2.45. The molecule has 0 radical (unpaired) electrons. The summed E-state index contributed by atoms with van der Waals surface area (Å²) in [7, 11) is 0. The van der Waals surface area contributed by atoms with Crippen LogP contribution < -0.4 is 16.6 Å². The van der Waals surface area contributed by atoms with Crippen LogP contribution in [0.5, 0.6) is 0 Å². The van der Waals surface area contributed by atoms with E-state index < -0.39 is 4.92 Å². The van der Waals surface area contributed by atoms with Crippen LogP contribution in [0.3, 0.4) is 0 Å². The van der Waals surface area contributed by atoms with Crippen molar-refractivity contribution in [2.45, 2.75) is 12.8 Å². The number of nitrogens with one attached hydrogen (secondary N) is 2. The first-order chi connectivity index (χ1) is 9.20. The van der Waals surface area contributed by atoms with Crippen LogP contribution in [0.1, 0.15) is 12.8 Å². The SMILES string of the molecule is NNc1ccc([N+](=O)[O-])c(NCCN2CCCC2)n1. The van der Waals surface area contributed by atoms with Crippen LogP contribution in [0.15, 0.2) is 12.1 Å². The van der Waals surface area contributed by atoms with Gasteiger partial charge in [-0.05, 0) is 32.0 Å². The molecule has 1 aromatic heterocycles. The Bertz CT molecular complexity index is 447. The molecule has 2 heterocycles. The first-order valence-corrected chi connectivity index (χ1v) is 6.29. The van der Waals surface area contributed by atoms with E-state index in [1.54, 1.807) is 0 Å². The molecule has 2 rings (SSSR count). The van der Waals surface area contributed by atoms with Crippen LogP contribution in [0.2, 0.25) is 0 Å². The summed E-state index contributed by atoms with van der Waals surface area (Å²) >= 11 is 0. The van der Waals surface area contributed by atoms with Gasteiger partial charge in [0, 0.05) is 19.2 Å². The number of hydrogen-bond donors (Lipinski definition) is 3. The fraction of sp³-hybridized carbons (Fsp3) is 0.545. The lowest BCUT2D eigenvalue weighted by atomic mass is 10.3. The quantitative estimate of drug-likeness (QED) is 0.396. The van der Waals surface area contributed by atoms with Gasteiger partial charge >= 0.3 is 5.69 Å². The van der Waals surface area contributed by atoms with Crippen molar-refractivity contribution in [1.29, 1.82) is 0 Å². The van der Waals surface area contributed by atoms with Crippen LogP contribution in [0, 0.1) is 10.1 Å². The topological polar surface area (TPSA) is 109 Å². The minimum absolute atomic E-state index is 0.0413. The highest BCUT2D eigenvalue weighted by Gasteiger charge is 2.16. The average molecular weight is 266 g/mol. The Morgan fingerprint density at radius 1 is 1.42 bits per heavy atom. The normalized spacial score (nSPS) is 15.4. The van der Waals surface area contributed by atoms with Crippen LogP contribution >= 0.6 is 0 Å². The summed E-state index contributed by atoms with van der Waals surface area (Å²) in [4.78, 5) is 16.8. The van der Waals surface area contributed by atoms with Crippen molar-refractivity contribution in [1.82, 2.24) is 9.88 Å². The fourth-order valence-electron chi connectivity index (χ4n) is 2.15. The molecule has 1 fully saturated rings. The fourth-order valence-corrected chi connectivity index (χ4v) is 2.15. The van der Waals surface area contributed by atoms with Gasteiger partial charge in [0.25, 0.3) is 0 Å².